The number of rotatable bonds is 10. The molecule has 40 heavy (non-hydrogen) atoms. The molecule has 1 unspecified atom stereocenters. The first-order chi connectivity index (χ1) is 19.6. The molecule has 6 rings (SSSR count). The molecule has 3 aromatic heterocycles. The lowest BCUT2D eigenvalue weighted by Gasteiger charge is -2.14. The van der Waals surface area contributed by atoms with Gasteiger partial charge in [-0.15, -0.1) is 5.10 Å². The van der Waals surface area contributed by atoms with Gasteiger partial charge in [0, 0.05) is 42.5 Å². The van der Waals surface area contributed by atoms with Crippen LogP contribution >= 0.6 is 0 Å². The van der Waals surface area contributed by atoms with Crippen molar-refractivity contribution in [2.75, 3.05) is 24.5 Å². The highest BCUT2D eigenvalue weighted by atomic mass is 19.1. The number of benzene rings is 1. The van der Waals surface area contributed by atoms with Crippen molar-refractivity contribution in [2.45, 2.75) is 25.2 Å². The third kappa shape index (κ3) is 5.82. The van der Waals surface area contributed by atoms with Crippen LogP contribution in [0.2, 0.25) is 0 Å². The van der Waals surface area contributed by atoms with E-state index in [-0.39, 0.29) is 6.10 Å². The van der Waals surface area contributed by atoms with E-state index in [1.165, 1.54) is 16.5 Å². The summed E-state index contributed by atoms with van der Waals surface area (Å²) in [6, 6.07) is 12.3. The standard InChI is InChI=1S/C28H27FN8O3/c29-25-13-21(37-18-23(39-28(37)38)17-36-12-11-33-35-36)2-3-24(25)20-1-4-26(32-15-20)27-14-22(40-34-27)16-31-10-7-19-5-8-30-9-6-19/h1-6,8-9,11-15,22-23,31,34H,7,10,16-18H2/t22?,23-/m0/s1. The third-order valence-corrected chi connectivity index (χ3v) is 6.71. The fourth-order valence-electron chi connectivity index (χ4n) is 4.64. The Morgan fingerprint density at radius 2 is 2.02 bits per heavy atom. The molecule has 204 valence electrons. The van der Waals surface area contributed by atoms with Crippen LogP contribution in [0.15, 0.2) is 79.5 Å². The van der Waals surface area contributed by atoms with Crippen LogP contribution in [-0.2, 0) is 22.5 Å². The molecular weight excluding hydrogens is 515 g/mol. The maximum atomic E-state index is 15.1. The molecule has 1 fully saturated rings. The predicted octanol–water partition coefficient (Wildman–Crippen LogP) is 2.98. The molecule has 0 bridgehead atoms. The molecule has 0 radical (unpaired) electrons. The second kappa shape index (κ2) is 11.6. The molecule has 2 aliphatic rings. The maximum Gasteiger partial charge on any atom is 0.414 e. The molecule has 1 saturated heterocycles. The van der Waals surface area contributed by atoms with Gasteiger partial charge < -0.3 is 10.1 Å². The van der Waals surface area contributed by atoms with E-state index in [4.69, 9.17) is 9.57 Å². The van der Waals surface area contributed by atoms with Gasteiger partial charge in [-0.2, -0.15) is 0 Å². The van der Waals surface area contributed by atoms with E-state index < -0.39 is 18.0 Å². The zero-order valence-electron chi connectivity index (χ0n) is 21.5. The molecule has 1 aromatic carbocycles. The first kappa shape index (κ1) is 25.6. The average Bonchev–Trinajstić information content (AvgIpc) is 3.74. The number of aromatic nitrogens is 5. The van der Waals surface area contributed by atoms with Gasteiger partial charge in [0.2, 0.25) is 0 Å². The van der Waals surface area contributed by atoms with Crippen LogP contribution in [0.4, 0.5) is 14.9 Å². The summed E-state index contributed by atoms with van der Waals surface area (Å²) in [7, 11) is 0. The quantitative estimate of drug-likeness (QED) is 0.292. The molecule has 1 amide bonds. The van der Waals surface area contributed by atoms with Crippen LogP contribution in [0.1, 0.15) is 11.3 Å². The fraction of sp³-hybridized carbons (Fsp3) is 0.250. The topological polar surface area (TPSA) is 119 Å². The Morgan fingerprint density at radius 1 is 1.12 bits per heavy atom. The van der Waals surface area contributed by atoms with Crippen LogP contribution < -0.4 is 15.7 Å². The van der Waals surface area contributed by atoms with Crippen LogP contribution in [0.3, 0.4) is 0 Å². The number of carbonyl (C=O) groups excluding carboxylic acids is 1. The van der Waals surface area contributed by atoms with Crippen molar-refractivity contribution in [1.82, 2.24) is 35.8 Å². The van der Waals surface area contributed by atoms with Crippen molar-refractivity contribution in [3.63, 3.8) is 0 Å². The number of hydrogen-bond donors (Lipinski definition) is 2. The zero-order valence-corrected chi connectivity index (χ0v) is 21.5. The SMILES string of the molecule is O=C1O[C@@H](Cn2ccnn2)CN1c1ccc(-c2ccc(C3=CC(CNCCc4ccncc4)ON3)nc2)c(F)c1. The molecule has 0 spiro atoms. The van der Waals surface area contributed by atoms with Crippen LogP contribution in [-0.4, -0.2) is 62.9 Å². The van der Waals surface area contributed by atoms with E-state index in [2.05, 4.69) is 31.1 Å². The summed E-state index contributed by atoms with van der Waals surface area (Å²) in [5.41, 5.74) is 7.04. The number of hydroxylamine groups is 1. The average molecular weight is 543 g/mol. The second-order valence-electron chi connectivity index (χ2n) is 9.49. The Hall–Kier alpha value is -4.68. The summed E-state index contributed by atoms with van der Waals surface area (Å²) in [4.78, 5) is 28.0. The monoisotopic (exact) mass is 542 g/mol. The number of amides is 1. The Bertz CT molecular complexity index is 1480. The fourth-order valence-corrected chi connectivity index (χ4v) is 4.64. The Kier molecular flexibility index (Phi) is 7.42. The van der Waals surface area contributed by atoms with Crippen LogP contribution in [0.5, 0.6) is 0 Å². The minimum atomic E-state index is -0.523. The van der Waals surface area contributed by atoms with Gasteiger partial charge in [-0.05, 0) is 61.0 Å². The van der Waals surface area contributed by atoms with Gasteiger partial charge in [-0.25, -0.2) is 13.9 Å². The number of carbonyl (C=O) groups is 1. The second-order valence-corrected chi connectivity index (χ2v) is 9.49. The summed E-state index contributed by atoms with van der Waals surface area (Å²) in [5, 5.41) is 11.0. The number of nitrogens with zero attached hydrogens (tertiary/aromatic N) is 6. The number of hydrogen-bond acceptors (Lipinski definition) is 9. The summed E-state index contributed by atoms with van der Waals surface area (Å²) in [6.07, 6.45) is 10.3. The highest BCUT2D eigenvalue weighted by Gasteiger charge is 2.33. The number of pyridine rings is 2. The number of cyclic esters (lactones) is 1. The van der Waals surface area contributed by atoms with Gasteiger partial charge in [0.25, 0.3) is 0 Å². The van der Waals surface area contributed by atoms with E-state index in [0.717, 1.165) is 18.7 Å². The highest BCUT2D eigenvalue weighted by Crippen LogP contribution is 2.30. The Morgan fingerprint density at radius 3 is 2.80 bits per heavy atom. The van der Waals surface area contributed by atoms with Crippen molar-refractivity contribution in [1.29, 1.82) is 0 Å². The maximum absolute atomic E-state index is 15.1. The summed E-state index contributed by atoms with van der Waals surface area (Å²) < 4.78 is 22.1. The van der Waals surface area contributed by atoms with E-state index in [0.29, 0.717) is 42.1 Å². The normalized spacial score (nSPS) is 18.5. The summed E-state index contributed by atoms with van der Waals surface area (Å²) in [5.74, 6) is -0.459. The van der Waals surface area contributed by atoms with Gasteiger partial charge in [0.1, 0.15) is 18.0 Å². The smallest absolute Gasteiger partial charge is 0.414 e. The van der Waals surface area contributed by atoms with Crippen molar-refractivity contribution in [3.05, 3.63) is 96.6 Å². The van der Waals surface area contributed by atoms with Crippen molar-refractivity contribution >= 4 is 17.5 Å². The van der Waals surface area contributed by atoms with E-state index in [1.54, 1.807) is 47.8 Å². The molecule has 5 heterocycles. The largest absolute Gasteiger partial charge is 0.442 e. The minimum Gasteiger partial charge on any atom is -0.442 e. The van der Waals surface area contributed by atoms with E-state index in [1.807, 2.05) is 30.3 Å². The lowest BCUT2D eigenvalue weighted by atomic mass is 10.1. The first-order valence-electron chi connectivity index (χ1n) is 12.9. The zero-order chi connectivity index (χ0) is 27.3. The van der Waals surface area contributed by atoms with E-state index in [9.17, 15) is 4.79 Å². The van der Waals surface area contributed by atoms with E-state index >= 15 is 4.39 Å². The molecule has 2 atom stereocenters. The summed E-state index contributed by atoms with van der Waals surface area (Å²) in [6.45, 7) is 2.15. The molecule has 11 nitrogen and oxygen atoms in total. The third-order valence-electron chi connectivity index (χ3n) is 6.71. The summed E-state index contributed by atoms with van der Waals surface area (Å²) >= 11 is 0. The molecule has 2 aliphatic heterocycles. The molecule has 4 aromatic rings. The van der Waals surface area contributed by atoms with Crippen molar-refractivity contribution < 1.29 is 18.8 Å². The van der Waals surface area contributed by atoms with Gasteiger partial charge in [-0.1, -0.05) is 11.3 Å². The van der Waals surface area contributed by atoms with Gasteiger partial charge >= 0.3 is 6.09 Å². The molecule has 12 heteroatoms. The predicted molar refractivity (Wildman–Crippen MR) is 144 cm³/mol. The molecule has 0 saturated carbocycles. The van der Waals surface area contributed by atoms with Crippen LogP contribution in [0.25, 0.3) is 16.8 Å². The molecular formula is C28H27FN8O3. The van der Waals surface area contributed by atoms with Gasteiger partial charge in [0.15, 0.2) is 0 Å². The Balaban J connectivity index is 1.05. The molecule has 2 N–H and O–H groups in total. The van der Waals surface area contributed by atoms with Gasteiger partial charge in [-0.3, -0.25) is 25.2 Å². The number of ether oxygens (including phenoxy) is 1. The van der Waals surface area contributed by atoms with Gasteiger partial charge in [0.05, 0.1) is 36.4 Å². The lowest BCUT2D eigenvalue weighted by molar-refractivity contribution is 0.0518. The number of anilines is 1. The molecule has 0 aliphatic carbocycles. The highest BCUT2D eigenvalue weighted by molar-refractivity contribution is 5.90. The van der Waals surface area contributed by atoms with Crippen LogP contribution in [0, 0.1) is 5.82 Å². The minimum absolute atomic E-state index is 0.132. The lowest BCUT2D eigenvalue weighted by Crippen LogP contribution is -2.29. The number of halogens is 1. The Labute approximate surface area is 229 Å². The number of nitrogens with one attached hydrogen (secondary N) is 2. The first-order valence-corrected chi connectivity index (χ1v) is 12.9. The van der Waals surface area contributed by atoms with Crippen molar-refractivity contribution in [3.8, 4) is 11.1 Å². The van der Waals surface area contributed by atoms with Crippen molar-refractivity contribution in [2.24, 2.45) is 0 Å².